The molecule has 0 spiro atoms. The van der Waals surface area contributed by atoms with Gasteiger partial charge >= 0.3 is 0 Å². The summed E-state index contributed by atoms with van der Waals surface area (Å²) in [6.07, 6.45) is 2.58. The molecule has 4 heteroatoms. The lowest BCUT2D eigenvalue weighted by Gasteiger charge is -2.13. The van der Waals surface area contributed by atoms with E-state index in [4.69, 9.17) is 5.73 Å². The van der Waals surface area contributed by atoms with E-state index in [1.54, 1.807) is 11.3 Å². The number of pyridine rings is 1. The number of nitrogens with two attached hydrogens (primary N) is 1. The second-order valence-corrected chi connectivity index (χ2v) is 5.55. The first-order valence-electron chi connectivity index (χ1n) is 6.24. The zero-order valence-corrected chi connectivity index (χ0v) is 11.5. The van der Waals surface area contributed by atoms with Crippen LogP contribution in [0.25, 0.3) is 10.9 Å². The average Bonchev–Trinajstić information content (AvgIpc) is 2.83. The lowest BCUT2D eigenvalue weighted by Crippen LogP contribution is -2.13. The van der Waals surface area contributed by atoms with Crippen molar-refractivity contribution < 1.29 is 0 Å². The molecule has 2 aromatic heterocycles. The number of thiazole rings is 1. The molecule has 0 saturated carbocycles. The number of aromatic nitrogens is 2. The van der Waals surface area contributed by atoms with Crippen LogP contribution in [0.5, 0.6) is 0 Å². The molecule has 96 valence electrons. The first-order chi connectivity index (χ1) is 9.24. The number of aryl methyl sites for hydroxylation is 1. The molecule has 2 N–H and O–H groups in total. The molecule has 19 heavy (non-hydrogen) atoms. The van der Waals surface area contributed by atoms with Crippen LogP contribution in [0.2, 0.25) is 0 Å². The molecule has 0 bridgehead atoms. The average molecular weight is 269 g/mol. The summed E-state index contributed by atoms with van der Waals surface area (Å²) in [5.74, 6) is 0. The fraction of sp³-hybridized carbons (Fsp3) is 0.200. The van der Waals surface area contributed by atoms with E-state index in [0.29, 0.717) is 0 Å². The highest BCUT2D eigenvalue weighted by Gasteiger charge is 2.12. The third-order valence-electron chi connectivity index (χ3n) is 3.14. The Morgan fingerprint density at radius 2 is 2.16 bits per heavy atom. The van der Waals surface area contributed by atoms with E-state index < -0.39 is 0 Å². The quantitative estimate of drug-likeness (QED) is 0.794. The maximum Gasteiger partial charge on any atom is 0.0947 e. The maximum atomic E-state index is 6.34. The SMILES string of the molecule is Cc1csc(CC(N)c2cccc3ncccc23)n1. The topological polar surface area (TPSA) is 51.8 Å². The Kier molecular flexibility index (Phi) is 3.27. The number of nitrogens with zero attached hydrogens (tertiary/aromatic N) is 2. The monoisotopic (exact) mass is 269 g/mol. The van der Waals surface area contributed by atoms with Gasteiger partial charge in [0.2, 0.25) is 0 Å². The third-order valence-corrected chi connectivity index (χ3v) is 4.13. The Labute approximate surface area is 116 Å². The number of benzene rings is 1. The largest absolute Gasteiger partial charge is 0.324 e. The van der Waals surface area contributed by atoms with Crippen LogP contribution in [-0.4, -0.2) is 9.97 Å². The summed E-state index contributed by atoms with van der Waals surface area (Å²) in [7, 11) is 0. The molecule has 0 aliphatic carbocycles. The van der Waals surface area contributed by atoms with Crippen LogP contribution >= 0.6 is 11.3 Å². The van der Waals surface area contributed by atoms with Crippen LogP contribution in [0.4, 0.5) is 0 Å². The van der Waals surface area contributed by atoms with Crippen LogP contribution < -0.4 is 5.73 Å². The van der Waals surface area contributed by atoms with Gasteiger partial charge in [0.05, 0.1) is 10.5 Å². The van der Waals surface area contributed by atoms with E-state index >= 15 is 0 Å². The molecule has 3 rings (SSSR count). The second kappa shape index (κ2) is 5.07. The van der Waals surface area contributed by atoms with Crippen molar-refractivity contribution in [2.45, 2.75) is 19.4 Å². The Hall–Kier alpha value is -1.78. The van der Waals surface area contributed by atoms with Crippen molar-refractivity contribution in [2.24, 2.45) is 5.73 Å². The number of hydrogen-bond acceptors (Lipinski definition) is 4. The van der Waals surface area contributed by atoms with Crippen molar-refractivity contribution in [1.82, 2.24) is 9.97 Å². The van der Waals surface area contributed by atoms with E-state index in [9.17, 15) is 0 Å². The summed E-state index contributed by atoms with van der Waals surface area (Å²) in [4.78, 5) is 8.85. The van der Waals surface area contributed by atoms with Crippen LogP contribution in [0.15, 0.2) is 41.9 Å². The van der Waals surface area contributed by atoms with Gasteiger partial charge in [0, 0.05) is 35.1 Å². The molecule has 3 aromatic rings. The first kappa shape index (κ1) is 12.3. The Balaban J connectivity index is 1.95. The predicted molar refractivity (Wildman–Crippen MR) is 79.2 cm³/mol. The van der Waals surface area contributed by atoms with Gasteiger partial charge in [-0.3, -0.25) is 4.98 Å². The van der Waals surface area contributed by atoms with Crippen LogP contribution in [0.1, 0.15) is 22.3 Å². The highest BCUT2D eigenvalue weighted by atomic mass is 32.1. The molecule has 1 unspecified atom stereocenters. The standard InChI is InChI=1S/C15H15N3S/c1-10-9-19-15(18-10)8-13(16)11-4-2-6-14-12(11)5-3-7-17-14/h2-7,9,13H,8,16H2,1H3. The number of hydrogen-bond donors (Lipinski definition) is 1. The highest BCUT2D eigenvalue weighted by molar-refractivity contribution is 7.09. The predicted octanol–water partition coefficient (Wildman–Crippen LogP) is 3.24. The van der Waals surface area contributed by atoms with Crippen molar-refractivity contribution in [3.05, 3.63) is 58.2 Å². The van der Waals surface area contributed by atoms with Gasteiger partial charge in [-0.2, -0.15) is 0 Å². The molecule has 0 fully saturated rings. The van der Waals surface area contributed by atoms with Crippen LogP contribution in [0, 0.1) is 6.92 Å². The van der Waals surface area contributed by atoms with E-state index in [2.05, 4.69) is 27.5 Å². The second-order valence-electron chi connectivity index (χ2n) is 4.61. The summed E-state index contributed by atoms with van der Waals surface area (Å²) in [6.45, 7) is 2.01. The normalized spacial score (nSPS) is 12.7. The van der Waals surface area contributed by atoms with E-state index in [0.717, 1.165) is 33.6 Å². The molecule has 0 radical (unpaired) electrons. The van der Waals surface area contributed by atoms with Crippen molar-refractivity contribution in [1.29, 1.82) is 0 Å². The van der Waals surface area contributed by atoms with Gasteiger partial charge in [0.15, 0.2) is 0 Å². The van der Waals surface area contributed by atoms with Gasteiger partial charge in [-0.15, -0.1) is 11.3 Å². The minimum atomic E-state index is -0.0431. The Bertz CT molecular complexity index is 700. The number of rotatable bonds is 3. The van der Waals surface area contributed by atoms with Gasteiger partial charge in [0.25, 0.3) is 0 Å². The molecule has 0 aliphatic rings. The van der Waals surface area contributed by atoms with Crippen molar-refractivity contribution in [3.63, 3.8) is 0 Å². The van der Waals surface area contributed by atoms with E-state index in [1.807, 2.05) is 31.3 Å². The third kappa shape index (κ3) is 2.50. The molecular weight excluding hydrogens is 254 g/mol. The summed E-state index contributed by atoms with van der Waals surface area (Å²) in [5, 5.41) is 4.28. The van der Waals surface area contributed by atoms with Gasteiger partial charge in [0.1, 0.15) is 0 Å². The van der Waals surface area contributed by atoms with E-state index in [1.165, 1.54) is 0 Å². The minimum Gasteiger partial charge on any atom is -0.324 e. The van der Waals surface area contributed by atoms with Gasteiger partial charge < -0.3 is 5.73 Å². The van der Waals surface area contributed by atoms with Crippen molar-refractivity contribution in [2.75, 3.05) is 0 Å². The smallest absolute Gasteiger partial charge is 0.0947 e. The van der Waals surface area contributed by atoms with Gasteiger partial charge in [-0.25, -0.2) is 4.98 Å². The zero-order valence-electron chi connectivity index (χ0n) is 10.7. The Morgan fingerprint density at radius 1 is 1.26 bits per heavy atom. The summed E-state index contributed by atoms with van der Waals surface area (Å²) < 4.78 is 0. The lowest BCUT2D eigenvalue weighted by molar-refractivity contribution is 0.722. The zero-order chi connectivity index (χ0) is 13.2. The summed E-state index contributed by atoms with van der Waals surface area (Å²) in [5.41, 5.74) is 9.53. The molecule has 0 amide bonds. The fourth-order valence-corrected chi connectivity index (χ4v) is 3.08. The summed E-state index contributed by atoms with van der Waals surface area (Å²) >= 11 is 1.67. The highest BCUT2D eigenvalue weighted by Crippen LogP contribution is 2.25. The molecule has 3 nitrogen and oxygen atoms in total. The fourth-order valence-electron chi connectivity index (χ4n) is 2.25. The first-order valence-corrected chi connectivity index (χ1v) is 7.12. The van der Waals surface area contributed by atoms with E-state index in [-0.39, 0.29) is 6.04 Å². The molecule has 1 aromatic carbocycles. The van der Waals surface area contributed by atoms with Crippen molar-refractivity contribution in [3.8, 4) is 0 Å². The molecule has 0 aliphatic heterocycles. The van der Waals surface area contributed by atoms with Gasteiger partial charge in [-0.05, 0) is 24.6 Å². The number of fused-ring (bicyclic) bond motifs is 1. The molecule has 2 heterocycles. The van der Waals surface area contributed by atoms with Crippen LogP contribution in [0.3, 0.4) is 0 Å². The lowest BCUT2D eigenvalue weighted by atomic mass is 10.00. The van der Waals surface area contributed by atoms with Gasteiger partial charge in [-0.1, -0.05) is 18.2 Å². The maximum absolute atomic E-state index is 6.34. The Morgan fingerprint density at radius 3 is 2.95 bits per heavy atom. The molecular formula is C15H15N3S. The minimum absolute atomic E-state index is 0.0431. The molecule has 0 saturated heterocycles. The molecule has 1 atom stereocenters. The summed E-state index contributed by atoms with van der Waals surface area (Å²) in [6, 6.07) is 10.1. The van der Waals surface area contributed by atoms with Crippen LogP contribution in [-0.2, 0) is 6.42 Å². The van der Waals surface area contributed by atoms with Crippen molar-refractivity contribution >= 4 is 22.2 Å².